The van der Waals surface area contributed by atoms with Crippen LogP contribution in [0.5, 0.6) is 0 Å². The van der Waals surface area contributed by atoms with E-state index in [9.17, 15) is 45.6 Å². The third kappa shape index (κ3) is 8.19. The highest BCUT2D eigenvalue weighted by Gasteiger charge is 2.56. The van der Waals surface area contributed by atoms with Crippen molar-refractivity contribution in [1.82, 2.24) is 10.6 Å². The standard InChI is InChI=1S/C25H51N7O12/c26-2-1-8(34)6-31-16-21(40)18(37)12(5-28)42-23(16)14-9(29)3-10(32-24(41)11(35)4-27)22(19(14)38)44-25-20(39)15(30)17(36)13(7-33)43-25/h8-23,25,31,33-40H,1-7,26-30H2,(H,32,41). The smallest absolute Gasteiger partial charge is 0.250 e. The molecule has 0 radical (unpaired) electrons. The van der Waals surface area contributed by atoms with E-state index in [1.807, 2.05) is 0 Å². The molecule has 2 heterocycles. The minimum atomic E-state index is -1.64. The molecule has 258 valence electrons. The number of aliphatic hydroxyl groups excluding tert-OH is 8. The molecule has 3 rings (SSSR count). The van der Waals surface area contributed by atoms with Crippen LogP contribution in [0, 0.1) is 5.92 Å². The number of carbonyl (C=O) groups excluding carboxylic acids is 1. The van der Waals surface area contributed by atoms with Crippen molar-refractivity contribution in [2.45, 2.75) is 110 Å². The van der Waals surface area contributed by atoms with Gasteiger partial charge in [-0.25, -0.2) is 0 Å². The molecule has 17 unspecified atom stereocenters. The topological polar surface area (TPSA) is 361 Å². The highest BCUT2D eigenvalue weighted by Crippen LogP contribution is 2.37. The average Bonchev–Trinajstić information content (AvgIpc) is 2.99. The Labute approximate surface area is 254 Å². The molecule has 0 aromatic carbocycles. The Morgan fingerprint density at radius 3 is 2.20 bits per heavy atom. The third-order valence-electron chi connectivity index (χ3n) is 8.72. The lowest BCUT2D eigenvalue weighted by Gasteiger charge is -2.53. The molecule has 0 spiro atoms. The van der Waals surface area contributed by atoms with E-state index in [4.69, 9.17) is 42.9 Å². The summed E-state index contributed by atoms with van der Waals surface area (Å²) in [5.74, 6) is -1.97. The molecule has 19 nitrogen and oxygen atoms in total. The first kappa shape index (κ1) is 37.2. The summed E-state index contributed by atoms with van der Waals surface area (Å²) in [6.07, 6.45) is -16.5. The van der Waals surface area contributed by atoms with Crippen molar-refractivity contribution in [3.05, 3.63) is 0 Å². The van der Waals surface area contributed by atoms with Crippen LogP contribution >= 0.6 is 0 Å². The van der Waals surface area contributed by atoms with Gasteiger partial charge in [-0.3, -0.25) is 4.79 Å². The highest BCUT2D eigenvalue weighted by molar-refractivity contribution is 5.81. The number of carbonyl (C=O) groups is 1. The summed E-state index contributed by atoms with van der Waals surface area (Å²) in [6, 6.07) is -4.45. The summed E-state index contributed by atoms with van der Waals surface area (Å²) < 4.78 is 17.6. The number of amides is 1. The van der Waals surface area contributed by atoms with Crippen LogP contribution in [-0.4, -0.2) is 177 Å². The van der Waals surface area contributed by atoms with Gasteiger partial charge < -0.3 is 94.4 Å². The lowest BCUT2D eigenvalue weighted by atomic mass is 9.71. The van der Waals surface area contributed by atoms with E-state index in [-0.39, 0.29) is 32.5 Å². The van der Waals surface area contributed by atoms with Gasteiger partial charge in [-0.05, 0) is 19.4 Å². The van der Waals surface area contributed by atoms with Crippen LogP contribution in [0.4, 0.5) is 0 Å². The summed E-state index contributed by atoms with van der Waals surface area (Å²) in [4.78, 5) is 12.6. The fourth-order valence-electron chi connectivity index (χ4n) is 6.14. The second-order valence-corrected chi connectivity index (χ2v) is 11.7. The van der Waals surface area contributed by atoms with Crippen LogP contribution in [0.3, 0.4) is 0 Å². The van der Waals surface area contributed by atoms with Gasteiger partial charge in [0.15, 0.2) is 6.29 Å². The van der Waals surface area contributed by atoms with Crippen molar-refractivity contribution in [1.29, 1.82) is 0 Å². The maximum absolute atomic E-state index is 12.6. The molecule has 19 heteroatoms. The van der Waals surface area contributed by atoms with Gasteiger partial charge in [-0.15, -0.1) is 0 Å². The first-order valence-corrected chi connectivity index (χ1v) is 14.8. The molecule has 1 aliphatic carbocycles. The van der Waals surface area contributed by atoms with Crippen molar-refractivity contribution >= 4 is 5.91 Å². The molecule has 0 aromatic heterocycles. The Bertz CT molecular complexity index is 898. The van der Waals surface area contributed by atoms with E-state index >= 15 is 0 Å². The SMILES string of the molecule is NCCC(O)CNC1C(O)C(O)C(CN)OC1C1C(N)CC(NC(=O)C(O)CN)C(OC2OC(CO)C(O)C(N)C2O)C1O. The number of aliphatic hydroxyl groups is 8. The minimum Gasteiger partial charge on any atom is -0.394 e. The van der Waals surface area contributed by atoms with E-state index < -0.39 is 123 Å². The predicted octanol–water partition coefficient (Wildman–Crippen LogP) is -9.23. The monoisotopic (exact) mass is 641 g/mol. The van der Waals surface area contributed by atoms with Gasteiger partial charge >= 0.3 is 0 Å². The van der Waals surface area contributed by atoms with Crippen LogP contribution in [-0.2, 0) is 19.0 Å². The van der Waals surface area contributed by atoms with Gasteiger partial charge in [0.2, 0.25) is 5.91 Å². The van der Waals surface area contributed by atoms with Crippen LogP contribution < -0.4 is 39.3 Å². The molecule has 20 N–H and O–H groups in total. The fraction of sp³-hybridized carbons (Fsp3) is 0.960. The quantitative estimate of drug-likeness (QED) is 0.0887. The number of rotatable bonds is 13. The molecule has 0 aromatic rings. The Morgan fingerprint density at radius 1 is 0.932 bits per heavy atom. The molecule has 1 saturated carbocycles. The molecule has 0 bridgehead atoms. The van der Waals surface area contributed by atoms with E-state index in [0.717, 1.165) is 0 Å². The Kier molecular flexibility index (Phi) is 14.0. The zero-order valence-corrected chi connectivity index (χ0v) is 24.4. The molecule has 2 saturated heterocycles. The van der Waals surface area contributed by atoms with Gasteiger partial charge in [0.05, 0.1) is 49.1 Å². The van der Waals surface area contributed by atoms with Crippen LogP contribution in [0.25, 0.3) is 0 Å². The number of hydrogen-bond acceptors (Lipinski definition) is 18. The summed E-state index contributed by atoms with van der Waals surface area (Å²) >= 11 is 0. The highest BCUT2D eigenvalue weighted by atomic mass is 16.7. The van der Waals surface area contributed by atoms with Crippen molar-refractivity contribution in [2.75, 3.05) is 32.8 Å². The summed E-state index contributed by atoms with van der Waals surface area (Å²) in [6.45, 7) is -1.15. The lowest BCUT2D eigenvalue weighted by Crippen LogP contribution is -2.73. The summed E-state index contributed by atoms with van der Waals surface area (Å²) in [5.41, 5.74) is 29.2. The molecule has 2 aliphatic heterocycles. The zero-order valence-electron chi connectivity index (χ0n) is 24.4. The largest absolute Gasteiger partial charge is 0.394 e. The van der Waals surface area contributed by atoms with Gasteiger partial charge in [0.1, 0.15) is 42.7 Å². The van der Waals surface area contributed by atoms with E-state index in [1.54, 1.807) is 0 Å². The Hall–Kier alpha value is -1.21. The third-order valence-corrected chi connectivity index (χ3v) is 8.72. The molecule has 17 atom stereocenters. The molecule has 44 heavy (non-hydrogen) atoms. The van der Waals surface area contributed by atoms with Crippen molar-refractivity contribution in [2.24, 2.45) is 34.6 Å². The lowest BCUT2D eigenvalue weighted by molar-refractivity contribution is -0.307. The number of nitrogens with two attached hydrogens (primary N) is 5. The van der Waals surface area contributed by atoms with Crippen molar-refractivity contribution in [3.63, 3.8) is 0 Å². The maximum atomic E-state index is 12.6. The van der Waals surface area contributed by atoms with Crippen molar-refractivity contribution in [3.8, 4) is 0 Å². The summed E-state index contributed by atoms with van der Waals surface area (Å²) in [5, 5.41) is 89.9. The Balaban J connectivity index is 1.96. The van der Waals surface area contributed by atoms with Crippen LogP contribution in [0.2, 0.25) is 0 Å². The average molecular weight is 642 g/mol. The van der Waals surface area contributed by atoms with Gasteiger partial charge in [-0.1, -0.05) is 0 Å². The first-order chi connectivity index (χ1) is 20.8. The first-order valence-electron chi connectivity index (χ1n) is 14.8. The van der Waals surface area contributed by atoms with Gasteiger partial charge in [0.25, 0.3) is 0 Å². The second kappa shape index (κ2) is 16.6. The number of hydrogen-bond donors (Lipinski definition) is 15. The normalized spacial score (nSPS) is 44.6. The fourth-order valence-corrected chi connectivity index (χ4v) is 6.14. The predicted molar refractivity (Wildman–Crippen MR) is 151 cm³/mol. The molecular weight excluding hydrogens is 590 g/mol. The molecule has 3 aliphatic rings. The zero-order chi connectivity index (χ0) is 32.9. The molecule has 3 fully saturated rings. The number of ether oxygens (including phenoxy) is 3. The minimum absolute atomic E-state index is 0.0582. The number of nitrogens with one attached hydrogen (secondary N) is 2. The van der Waals surface area contributed by atoms with E-state index in [1.165, 1.54) is 0 Å². The second-order valence-electron chi connectivity index (χ2n) is 11.7. The Morgan fingerprint density at radius 2 is 1.61 bits per heavy atom. The van der Waals surface area contributed by atoms with Crippen LogP contribution in [0.15, 0.2) is 0 Å². The van der Waals surface area contributed by atoms with Gasteiger partial charge in [0, 0.05) is 31.6 Å². The molecular formula is C25H51N7O12. The van der Waals surface area contributed by atoms with Gasteiger partial charge in [-0.2, -0.15) is 0 Å². The van der Waals surface area contributed by atoms with E-state index in [2.05, 4.69) is 10.6 Å². The summed E-state index contributed by atoms with van der Waals surface area (Å²) in [7, 11) is 0. The van der Waals surface area contributed by atoms with Crippen molar-refractivity contribution < 1.29 is 59.9 Å². The van der Waals surface area contributed by atoms with E-state index in [0.29, 0.717) is 0 Å². The maximum Gasteiger partial charge on any atom is 0.250 e. The molecule has 1 amide bonds. The van der Waals surface area contributed by atoms with Crippen LogP contribution in [0.1, 0.15) is 12.8 Å².